The standard InChI is InChI=1S/C13H22N2O3S/c1-19-11-5-3-2-4-10(11)14-13(18)15-7-9(8-15)6-12(16)17/h9-11H,2-8H2,1H3,(H,14,18)(H,16,17). The first kappa shape index (κ1) is 14.5. The highest BCUT2D eigenvalue weighted by Gasteiger charge is 2.34. The Bertz CT molecular complexity index is 345. The number of urea groups is 1. The van der Waals surface area contributed by atoms with Gasteiger partial charge in [-0.2, -0.15) is 11.8 Å². The monoisotopic (exact) mass is 286 g/mol. The van der Waals surface area contributed by atoms with Crippen molar-refractivity contribution < 1.29 is 14.7 Å². The van der Waals surface area contributed by atoms with Gasteiger partial charge in [0, 0.05) is 30.3 Å². The molecule has 1 saturated heterocycles. The van der Waals surface area contributed by atoms with E-state index in [1.807, 2.05) is 11.8 Å². The third-order valence-electron chi connectivity index (χ3n) is 4.02. The Labute approximate surface area is 118 Å². The Morgan fingerprint density at radius 2 is 2.00 bits per heavy atom. The molecule has 1 aliphatic heterocycles. The van der Waals surface area contributed by atoms with Crippen LogP contribution in [-0.2, 0) is 4.79 Å². The minimum absolute atomic E-state index is 0.0208. The number of aliphatic carboxylic acids is 1. The lowest BCUT2D eigenvalue weighted by atomic mass is 9.94. The van der Waals surface area contributed by atoms with Gasteiger partial charge in [-0.25, -0.2) is 4.79 Å². The van der Waals surface area contributed by atoms with Crippen molar-refractivity contribution in [3.63, 3.8) is 0 Å². The van der Waals surface area contributed by atoms with Crippen LogP contribution in [0, 0.1) is 5.92 Å². The molecule has 1 saturated carbocycles. The van der Waals surface area contributed by atoms with Gasteiger partial charge in [-0.3, -0.25) is 4.79 Å². The number of likely N-dealkylation sites (tertiary alicyclic amines) is 1. The van der Waals surface area contributed by atoms with Crippen LogP contribution in [0.15, 0.2) is 0 Å². The molecule has 5 nitrogen and oxygen atoms in total. The molecule has 0 spiro atoms. The van der Waals surface area contributed by atoms with Crippen LogP contribution in [0.3, 0.4) is 0 Å². The fraction of sp³-hybridized carbons (Fsp3) is 0.846. The number of carboxylic acids is 1. The molecule has 108 valence electrons. The number of nitrogens with one attached hydrogen (secondary N) is 1. The summed E-state index contributed by atoms with van der Waals surface area (Å²) in [4.78, 5) is 24.3. The average molecular weight is 286 g/mol. The summed E-state index contributed by atoms with van der Waals surface area (Å²) in [5.74, 6) is -0.647. The second kappa shape index (κ2) is 6.50. The zero-order valence-electron chi connectivity index (χ0n) is 11.3. The van der Waals surface area contributed by atoms with Gasteiger partial charge in [0.05, 0.1) is 6.42 Å². The van der Waals surface area contributed by atoms with Crippen molar-refractivity contribution in [2.75, 3.05) is 19.3 Å². The van der Waals surface area contributed by atoms with Crippen molar-refractivity contribution in [2.24, 2.45) is 5.92 Å². The van der Waals surface area contributed by atoms with E-state index in [0.717, 1.165) is 6.42 Å². The second-order valence-corrected chi connectivity index (χ2v) is 6.56. The third kappa shape index (κ3) is 3.78. The maximum absolute atomic E-state index is 12.0. The van der Waals surface area contributed by atoms with Gasteiger partial charge in [0.15, 0.2) is 0 Å². The van der Waals surface area contributed by atoms with E-state index < -0.39 is 5.97 Å². The highest BCUT2D eigenvalue weighted by Crippen LogP contribution is 2.28. The van der Waals surface area contributed by atoms with Crippen molar-refractivity contribution in [1.29, 1.82) is 0 Å². The lowest BCUT2D eigenvalue weighted by molar-refractivity contribution is -0.139. The SMILES string of the molecule is CSC1CCCCC1NC(=O)N1CC(CC(=O)O)C1. The summed E-state index contributed by atoms with van der Waals surface area (Å²) in [6, 6.07) is 0.252. The van der Waals surface area contributed by atoms with Crippen molar-refractivity contribution in [1.82, 2.24) is 10.2 Å². The fourth-order valence-electron chi connectivity index (χ4n) is 2.91. The van der Waals surface area contributed by atoms with Crippen molar-refractivity contribution in [3.8, 4) is 0 Å². The summed E-state index contributed by atoms with van der Waals surface area (Å²) < 4.78 is 0. The second-order valence-electron chi connectivity index (χ2n) is 5.48. The molecule has 19 heavy (non-hydrogen) atoms. The van der Waals surface area contributed by atoms with E-state index in [1.165, 1.54) is 19.3 Å². The van der Waals surface area contributed by atoms with Crippen molar-refractivity contribution >= 4 is 23.8 Å². The average Bonchev–Trinajstić information content (AvgIpc) is 2.33. The number of carboxylic acid groups (broad SMARTS) is 1. The lowest BCUT2D eigenvalue weighted by Gasteiger charge is -2.40. The molecule has 2 N–H and O–H groups in total. The van der Waals surface area contributed by atoms with Crippen LogP contribution in [0.1, 0.15) is 32.1 Å². The summed E-state index contributed by atoms with van der Waals surface area (Å²) in [7, 11) is 0. The van der Waals surface area contributed by atoms with Crippen molar-refractivity contribution in [2.45, 2.75) is 43.4 Å². The van der Waals surface area contributed by atoms with Gasteiger partial charge < -0.3 is 15.3 Å². The maximum Gasteiger partial charge on any atom is 0.317 e. The molecule has 1 heterocycles. The molecule has 0 radical (unpaired) electrons. The molecule has 0 bridgehead atoms. The van der Waals surface area contributed by atoms with Crippen LogP contribution in [0.5, 0.6) is 0 Å². The normalized spacial score (nSPS) is 27.7. The Balaban J connectivity index is 1.74. The van der Waals surface area contributed by atoms with Crippen LogP contribution < -0.4 is 5.32 Å². The van der Waals surface area contributed by atoms with E-state index in [9.17, 15) is 9.59 Å². The highest BCUT2D eigenvalue weighted by atomic mass is 32.2. The number of hydrogen-bond acceptors (Lipinski definition) is 3. The summed E-state index contributed by atoms with van der Waals surface area (Å²) in [5, 5.41) is 12.3. The van der Waals surface area contributed by atoms with Crippen LogP contribution in [0.25, 0.3) is 0 Å². The summed E-state index contributed by atoms with van der Waals surface area (Å²) in [6.45, 7) is 1.16. The number of nitrogens with zero attached hydrogens (tertiary/aromatic N) is 1. The molecular weight excluding hydrogens is 264 g/mol. The van der Waals surface area contributed by atoms with E-state index in [1.54, 1.807) is 4.90 Å². The van der Waals surface area contributed by atoms with Gasteiger partial charge in [0.2, 0.25) is 0 Å². The largest absolute Gasteiger partial charge is 0.481 e. The molecule has 2 rings (SSSR count). The molecular formula is C13H22N2O3S. The lowest BCUT2D eigenvalue weighted by Crippen LogP contribution is -2.57. The molecule has 2 amide bonds. The van der Waals surface area contributed by atoms with Gasteiger partial charge in [-0.15, -0.1) is 0 Å². The predicted molar refractivity (Wildman–Crippen MR) is 75.4 cm³/mol. The molecule has 1 aliphatic carbocycles. The Kier molecular flexibility index (Phi) is 4.96. The minimum Gasteiger partial charge on any atom is -0.481 e. The summed E-state index contributed by atoms with van der Waals surface area (Å²) in [5.41, 5.74) is 0. The minimum atomic E-state index is -0.778. The highest BCUT2D eigenvalue weighted by molar-refractivity contribution is 7.99. The topological polar surface area (TPSA) is 69.6 Å². The number of amides is 2. The molecule has 0 aromatic rings. The molecule has 2 fully saturated rings. The van der Waals surface area contributed by atoms with Gasteiger partial charge in [0.1, 0.15) is 0 Å². The number of thioether (sulfide) groups is 1. The molecule has 2 atom stereocenters. The van der Waals surface area contributed by atoms with E-state index >= 15 is 0 Å². The molecule has 2 unspecified atom stereocenters. The summed E-state index contributed by atoms with van der Waals surface area (Å²) >= 11 is 1.83. The number of rotatable bonds is 4. The maximum atomic E-state index is 12.0. The van der Waals surface area contributed by atoms with E-state index in [0.29, 0.717) is 18.3 Å². The van der Waals surface area contributed by atoms with E-state index in [-0.39, 0.29) is 24.4 Å². The first-order valence-electron chi connectivity index (χ1n) is 6.90. The van der Waals surface area contributed by atoms with Gasteiger partial charge in [-0.05, 0) is 19.1 Å². The smallest absolute Gasteiger partial charge is 0.317 e. The van der Waals surface area contributed by atoms with Crippen LogP contribution >= 0.6 is 11.8 Å². The van der Waals surface area contributed by atoms with Crippen LogP contribution in [-0.4, -0.2) is 52.6 Å². The summed E-state index contributed by atoms with van der Waals surface area (Å²) in [6.07, 6.45) is 6.94. The number of carbonyl (C=O) groups excluding carboxylic acids is 1. The van der Waals surface area contributed by atoms with Gasteiger partial charge in [0.25, 0.3) is 0 Å². The van der Waals surface area contributed by atoms with Crippen molar-refractivity contribution in [3.05, 3.63) is 0 Å². The Morgan fingerprint density at radius 1 is 1.32 bits per heavy atom. The number of hydrogen-bond donors (Lipinski definition) is 2. The first-order chi connectivity index (χ1) is 9.10. The van der Waals surface area contributed by atoms with Crippen LogP contribution in [0.2, 0.25) is 0 Å². The molecule has 0 aromatic carbocycles. The Morgan fingerprint density at radius 3 is 2.63 bits per heavy atom. The zero-order valence-corrected chi connectivity index (χ0v) is 12.1. The Hall–Kier alpha value is -0.910. The quantitative estimate of drug-likeness (QED) is 0.826. The van der Waals surface area contributed by atoms with E-state index in [4.69, 9.17) is 5.11 Å². The molecule has 0 aromatic heterocycles. The van der Waals surface area contributed by atoms with Gasteiger partial charge in [-0.1, -0.05) is 12.8 Å². The van der Waals surface area contributed by atoms with Crippen LogP contribution in [0.4, 0.5) is 4.79 Å². The molecule has 6 heteroatoms. The fourth-order valence-corrected chi connectivity index (χ4v) is 3.84. The first-order valence-corrected chi connectivity index (χ1v) is 8.19. The zero-order chi connectivity index (χ0) is 13.8. The van der Waals surface area contributed by atoms with E-state index in [2.05, 4.69) is 11.6 Å². The molecule has 2 aliphatic rings. The number of carbonyl (C=O) groups is 2. The predicted octanol–water partition coefficient (Wildman–Crippen LogP) is 1.78. The third-order valence-corrected chi connectivity index (χ3v) is 5.19. The van der Waals surface area contributed by atoms with Gasteiger partial charge >= 0.3 is 12.0 Å².